The van der Waals surface area contributed by atoms with Gasteiger partial charge in [-0.1, -0.05) is 95.2 Å². The third-order valence-corrected chi connectivity index (χ3v) is 7.00. The van der Waals surface area contributed by atoms with E-state index in [1.165, 1.54) is 56.9 Å². The number of ether oxygens (including phenoxy) is 2. The first-order valence-electron chi connectivity index (χ1n) is 15.0. The number of aromatic nitrogens is 2. The zero-order valence-corrected chi connectivity index (χ0v) is 24.4. The lowest BCUT2D eigenvalue weighted by atomic mass is 10.0. The molecule has 0 aliphatic carbocycles. The number of unbranched alkanes of at least 4 members (excludes halogenated alkanes) is 7. The summed E-state index contributed by atoms with van der Waals surface area (Å²) in [5, 5.41) is 0. The van der Waals surface area contributed by atoms with E-state index in [9.17, 15) is 9.18 Å². The smallest absolute Gasteiger partial charge is 0.309 e. The molecule has 3 aromatic rings. The molecule has 2 aromatic carbocycles. The average Bonchev–Trinajstić information content (AvgIpc) is 2.98. The van der Waals surface area contributed by atoms with E-state index in [0.29, 0.717) is 12.2 Å². The number of esters is 1. The van der Waals surface area contributed by atoms with Gasteiger partial charge in [-0.15, -0.1) is 0 Å². The highest BCUT2D eigenvalue weighted by molar-refractivity contribution is 5.70. The maximum atomic E-state index is 13.3. The van der Waals surface area contributed by atoms with Gasteiger partial charge >= 0.3 is 5.97 Å². The number of hydrogen-bond acceptors (Lipinski definition) is 5. The molecule has 0 N–H and O–H groups in total. The van der Waals surface area contributed by atoms with Crippen LogP contribution in [0.1, 0.15) is 90.5 Å². The average molecular weight is 549 g/mol. The van der Waals surface area contributed by atoms with E-state index >= 15 is 0 Å². The van der Waals surface area contributed by atoms with Crippen molar-refractivity contribution in [3.05, 3.63) is 66.5 Å². The van der Waals surface area contributed by atoms with Crippen LogP contribution in [0.3, 0.4) is 0 Å². The molecular weight excluding hydrogens is 503 g/mol. The molecule has 3 rings (SSSR count). The molecular formula is C34H45FN2O3. The Morgan fingerprint density at radius 1 is 0.800 bits per heavy atom. The molecule has 0 bridgehead atoms. The Morgan fingerprint density at radius 3 is 1.95 bits per heavy atom. The molecule has 6 heteroatoms. The SMILES string of the molecule is CCCCCCCCCCc1cnc(-c2ccc(-c3ccc(OCC(C)OC(=O)CC(F)CC)cc3)cc2)nc1. The molecule has 0 fully saturated rings. The topological polar surface area (TPSA) is 61.3 Å². The Balaban J connectivity index is 1.42. The minimum Gasteiger partial charge on any atom is -0.490 e. The van der Waals surface area contributed by atoms with Crippen molar-refractivity contribution < 1.29 is 18.7 Å². The van der Waals surface area contributed by atoms with Crippen molar-refractivity contribution in [2.45, 2.75) is 104 Å². The largest absolute Gasteiger partial charge is 0.490 e. The first-order chi connectivity index (χ1) is 19.5. The van der Waals surface area contributed by atoms with Crippen LogP contribution in [0.4, 0.5) is 4.39 Å². The molecule has 0 radical (unpaired) electrons. The van der Waals surface area contributed by atoms with Crippen molar-refractivity contribution in [3.8, 4) is 28.3 Å². The Kier molecular flexibility index (Phi) is 13.6. The highest BCUT2D eigenvalue weighted by Gasteiger charge is 2.15. The number of rotatable bonds is 18. The molecule has 216 valence electrons. The number of alkyl halides is 1. The second-order valence-electron chi connectivity index (χ2n) is 10.6. The molecule has 40 heavy (non-hydrogen) atoms. The van der Waals surface area contributed by atoms with E-state index in [0.717, 1.165) is 28.9 Å². The molecule has 0 amide bonds. The third kappa shape index (κ3) is 11.1. The minimum absolute atomic E-state index is 0.209. The van der Waals surface area contributed by atoms with Crippen LogP contribution in [0.2, 0.25) is 0 Å². The Hall–Kier alpha value is -3.28. The fourth-order valence-corrected chi connectivity index (χ4v) is 4.50. The Bertz CT molecular complexity index is 1120. The third-order valence-electron chi connectivity index (χ3n) is 7.00. The predicted molar refractivity (Wildman–Crippen MR) is 160 cm³/mol. The number of nitrogens with zero attached hydrogens (tertiary/aromatic N) is 2. The maximum absolute atomic E-state index is 13.3. The van der Waals surface area contributed by atoms with Crippen LogP contribution in [0.25, 0.3) is 22.5 Å². The number of hydrogen-bond donors (Lipinski definition) is 0. The van der Waals surface area contributed by atoms with E-state index < -0.39 is 18.2 Å². The summed E-state index contributed by atoms with van der Waals surface area (Å²) in [5.74, 6) is 0.881. The quantitative estimate of drug-likeness (QED) is 0.117. The zero-order chi connectivity index (χ0) is 28.6. The lowest BCUT2D eigenvalue weighted by Crippen LogP contribution is -2.23. The van der Waals surface area contributed by atoms with Gasteiger partial charge in [0.1, 0.15) is 24.6 Å². The fraction of sp³-hybridized carbons (Fsp3) is 0.500. The minimum atomic E-state index is -1.16. The molecule has 1 aromatic heterocycles. The molecule has 0 spiro atoms. The van der Waals surface area contributed by atoms with Gasteiger partial charge in [-0.2, -0.15) is 0 Å². The molecule has 0 saturated carbocycles. The highest BCUT2D eigenvalue weighted by atomic mass is 19.1. The lowest BCUT2D eigenvalue weighted by Gasteiger charge is -2.15. The van der Waals surface area contributed by atoms with Crippen LogP contribution in [0.5, 0.6) is 5.75 Å². The summed E-state index contributed by atoms with van der Waals surface area (Å²) >= 11 is 0. The molecule has 0 saturated heterocycles. The summed E-state index contributed by atoms with van der Waals surface area (Å²) in [7, 11) is 0. The van der Waals surface area contributed by atoms with Gasteiger partial charge in [0.05, 0.1) is 6.42 Å². The fourth-order valence-electron chi connectivity index (χ4n) is 4.50. The van der Waals surface area contributed by atoms with E-state index in [4.69, 9.17) is 9.47 Å². The molecule has 2 unspecified atom stereocenters. The molecule has 5 nitrogen and oxygen atoms in total. The van der Waals surface area contributed by atoms with Crippen LogP contribution < -0.4 is 4.74 Å². The summed E-state index contributed by atoms with van der Waals surface area (Å²) in [4.78, 5) is 20.9. The number of aryl methyl sites for hydroxylation is 1. The van der Waals surface area contributed by atoms with Crippen molar-refractivity contribution in [1.29, 1.82) is 0 Å². The van der Waals surface area contributed by atoms with Crippen LogP contribution in [-0.4, -0.2) is 34.8 Å². The lowest BCUT2D eigenvalue weighted by molar-refractivity contribution is -0.150. The van der Waals surface area contributed by atoms with Gasteiger partial charge in [0.2, 0.25) is 0 Å². The van der Waals surface area contributed by atoms with E-state index in [1.54, 1.807) is 13.8 Å². The monoisotopic (exact) mass is 548 g/mol. The van der Waals surface area contributed by atoms with Gasteiger partial charge in [0, 0.05) is 18.0 Å². The first-order valence-corrected chi connectivity index (χ1v) is 15.0. The van der Waals surface area contributed by atoms with Gasteiger partial charge in [-0.05, 0) is 55.0 Å². The van der Waals surface area contributed by atoms with Gasteiger partial charge in [-0.3, -0.25) is 4.79 Å². The van der Waals surface area contributed by atoms with Crippen molar-refractivity contribution in [2.75, 3.05) is 6.61 Å². The second kappa shape index (κ2) is 17.4. The van der Waals surface area contributed by atoms with Gasteiger partial charge in [-0.25, -0.2) is 14.4 Å². The first kappa shape index (κ1) is 31.3. The Labute approximate surface area is 239 Å². The zero-order valence-electron chi connectivity index (χ0n) is 24.4. The van der Waals surface area contributed by atoms with Crippen LogP contribution >= 0.6 is 0 Å². The summed E-state index contributed by atoms with van der Waals surface area (Å²) in [6, 6.07) is 16.0. The van der Waals surface area contributed by atoms with Crippen molar-refractivity contribution in [2.24, 2.45) is 0 Å². The molecule has 1 heterocycles. The Morgan fingerprint density at radius 2 is 1.35 bits per heavy atom. The van der Waals surface area contributed by atoms with Crippen LogP contribution in [0.15, 0.2) is 60.9 Å². The van der Waals surface area contributed by atoms with Gasteiger partial charge in [0.25, 0.3) is 0 Å². The molecule has 0 aliphatic heterocycles. The number of carbonyl (C=O) groups is 1. The summed E-state index contributed by atoms with van der Waals surface area (Å²) < 4.78 is 24.3. The van der Waals surface area contributed by atoms with E-state index in [1.807, 2.05) is 48.8 Å². The number of carbonyl (C=O) groups excluding carboxylic acids is 1. The van der Waals surface area contributed by atoms with Crippen LogP contribution in [0, 0.1) is 0 Å². The van der Waals surface area contributed by atoms with E-state index in [-0.39, 0.29) is 13.0 Å². The summed E-state index contributed by atoms with van der Waals surface area (Å²) in [6.07, 6.45) is 14.0. The van der Waals surface area contributed by atoms with Crippen molar-refractivity contribution in [3.63, 3.8) is 0 Å². The number of benzene rings is 2. The summed E-state index contributed by atoms with van der Waals surface area (Å²) in [5.41, 5.74) is 4.34. The second-order valence-corrected chi connectivity index (χ2v) is 10.6. The standard InChI is InChI=1S/C34H45FN2O3/c1-4-6-7-8-9-10-11-12-13-27-23-36-34(37-24-27)30-16-14-28(15-17-30)29-18-20-32(21-19-29)39-25-26(3)40-33(38)22-31(35)5-2/h14-21,23-24,26,31H,4-13,22,25H2,1-3H3. The van der Waals surface area contributed by atoms with Crippen molar-refractivity contribution >= 4 is 5.97 Å². The highest BCUT2D eigenvalue weighted by Crippen LogP contribution is 2.25. The maximum Gasteiger partial charge on any atom is 0.309 e. The normalized spacial score (nSPS) is 12.6. The summed E-state index contributed by atoms with van der Waals surface area (Å²) in [6.45, 7) is 5.91. The van der Waals surface area contributed by atoms with Crippen molar-refractivity contribution in [1.82, 2.24) is 9.97 Å². The van der Waals surface area contributed by atoms with Gasteiger partial charge in [0.15, 0.2) is 5.82 Å². The van der Waals surface area contributed by atoms with Gasteiger partial charge < -0.3 is 9.47 Å². The molecule has 2 atom stereocenters. The number of halogens is 1. The predicted octanol–water partition coefficient (Wildman–Crippen LogP) is 8.94. The molecule has 0 aliphatic rings. The van der Waals surface area contributed by atoms with Crippen LogP contribution in [-0.2, 0) is 16.0 Å². The van der Waals surface area contributed by atoms with E-state index in [2.05, 4.69) is 29.0 Å².